The van der Waals surface area contributed by atoms with Gasteiger partial charge in [0.1, 0.15) is 18.2 Å². The van der Waals surface area contributed by atoms with E-state index < -0.39 is 0 Å². The van der Waals surface area contributed by atoms with Crippen molar-refractivity contribution in [1.82, 2.24) is 14.5 Å². The van der Waals surface area contributed by atoms with E-state index in [4.69, 9.17) is 14.5 Å². The van der Waals surface area contributed by atoms with Crippen LogP contribution in [0.3, 0.4) is 0 Å². The molecule has 2 aromatic heterocycles. The highest BCUT2D eigenvalue weighted by Gasteiger charge is 2.17. The second-order valence-electron chi connectivity index (χ2n) is 7.05. The average Bonchev–Trinajstić information content (AvgIpc) is 3.03. The third kappa shape index (κ3) is 4.18. The molecule has 0 saturated carbocycles. The first-order chi connectivity index (χ1) is 13.5. The molecule has 0 aliphatic carbocycles. The van der Waals surface area contributed by atoms with E-state index in [-0.39, 0.29) is 6.10 Å². The van der Waals surface area contributed by atoms with Crippen LogP contribution in [0.15, 0.2) is 29.6 Å². The summed E-state index contributed by atoms with van der Waals surface area (Å²) in [5, 5.41) is 0.924. The molecule has 3 rings (SSSR count). The van der Waals surface area contributed by atoms with Gasteiger partial charge in [-0.25, -0.2) is 9.97 Å². The largest absolute Gasteiger partial charge is 0.491 e. The van der Waals surface area contributed by atoms with Crippen molar-refractivity contribution in [2.24, 2.45) is 0 Å². The molecular weight excluding hydrogens is 370 g/mol. The van der Waals surface area contributed by atoms with Crippen LogP contribution >= 0.6 is 11.8 Å². The topological polar surface area (TPSA) is 49.2 Å². The Labute approximate surface area is 171 Å². The number of nitrogens with zero attached hydrogens (tertiary/aromatic N) is 3. The van der Waals surface area contributed by atoms with Crippen LogP contribution in [0.4, 0.5) is 0 Å². The van der Waals surface area contributed by atoms with Crippen LogP contribution in [0.5, 0.6) is 5.75 Å². The Bertz CT molecular complexity index is 968. The Kier molecular flexibility index (Phi) is 6.62. The van der Waals surface area contributed by atoms with Crippen LogP contribution in [-0.4, -0.2) is 40.1 Å². The van der Waals surface area contributed by atoms with Crippen molar-refractivity contribution in [1.29, 1.82) is 0 Å². The van der Waals surface area contributed by atoms with Gasteiger partial charge in [0.25, 0.3) is 0 Å². The number of hydrogen-bond donors (Lipinski definition) is 0. The quantitative estimate of drug-likeness (QED) is 0.382. The van der Waals surface area contributed by atoms with Crippen molar-refractivity contribution in [2.45, 2.75) is 52.3 Å². The highest BCUT2D eigenvalue weighted by Crippen LogP contribution is 2.31. The van der Waals surface area contributed by atoms with E-state index in [2.05, 4.69) is 49.4 Å². The Morgan fingerprint density at radius 1 is 1.14 bits per heavy atom. The summed E-state index contributed by atoms with van der Waals surface area (Å²) in [5.41, 5.74) is 5.54. The zero-order valence-electron chi connectivity index (χ0n) is 17.6. The van der Waals surface area contributed by atoms with Crippen molar-refractivity contribution in [3.63, 3.8) is 0 Å². The van der Waals surface area contributed by atoms with Gasteiger partial charge in [0.2, 0.25) is 0 Å². The van der Waals surface area contributed by atoms with E-state index >= 15 is 0 Å². The summed E-state index contributed by atoms with van der Waals surface area (Å²) in [7, 11) is 0. The zero-order chi connectivity index (χ0) is 20.3. The molecule has 150 valence electrons. The van der Waals surface area contributed by atoms with E-state index in [0.29, 0.717) is 13.2 Å². The van der Waals surface area contributed by atoms with Gasteiger partial charge in [0.05, 0.1) is 23.7 Å². The summed E-state index contributed by atoms with van der Waals surface area (Å²) in [4.78, 5) is 9.47. The van der Waals surface area contributed by atoms with Crippen molar-refractivity contribution >= 4 is 22.8 Å². The third-order valence-electron chi connectivity index (χ3n) is 5.08. The Balaban J connectivity index is 1.95. The maximum Gasteiger partial charge on any atom is 0.174 e. The standard InChI is InChI=1S/C22H29N3O2S/c1-7-16(4)26-10-11-27-20-8-9-23-21(17(20)5)25-19-13-15(3)14(2)12-18(19)24-22(25)28-6/h8-9,12-13,16H,7,10-11H2,1-6H3. The van der Waals surface area contributed by atoms with Gasteiger partial charge in [0, 0.05) is 11.8 Å². The molecular formula is C22H29N3O2S. The number of aryl methyl sites for hydroxylation is 2. The lowest BCUT2D eigenvalue weighted by Crippen LogP contribution is -2.14. The summed E-state index contributed by atoms with van der Waals surface area (Å²) in [6, 6.07) is 6.24. The number of pyridine rings is 1. The van der Waals surface area contributed by atoms with Gasteiger partial charge in [-0.3, -0.25) is 4.57 Å². The van der Waals surface area contributed by atoms with Crippen LogP contribution in [0.2, 0.25) is 0 Å². The van der Waals surface area contributed by atoms with E-state index in [1.165, 1.54) is 11.1 Å². The van der Waals surface area contributed by atoms with Gasteiger partial charge in [0.15, 0.2) is 5.16 Å². The van der Waals surface area contributed by atoms with Crippen LogP contribution in [-0.2, 0) is 4.74 Å². The normalized spacial score (nSPS) is 12.5. The summed E-state index contributed by atoms with van der Waals surface area (Å²) in [6.07, 6.45) is 5.09. The molecule has 0 aliphatic heterocycles. The fraction of sp³-hybridized carbons (Fsp3) is 0.455. The molecule has 0 spiro atoms. The molecule has 0 N–H and O–H groups in total. The fourth-order valence-electron chi connectivity index (χ4n) is 3.06. The van der Waals surface area contributed by atoms with E-state index in [1.807, 2.05) is 19.2 Å². The zero-order valence-corrected chi connectivity index (χ0v) is 18.4. The van der Waals surface area contributed by atoms with E-state index in [1.54, 1.807) is 18.0 Å². The van der Waals surface area contributed by atoms with Crippen LogP contribution in [0, 0.1) is 20.8 Å². The molecule has 6 heteroatoms. The minimum Gasteiger partial charge on any atom is -0.491 e. The Morgan fingerprint density at radius 2 is 1.89 bits per heavy atom. The first-order valence-corrected chi connectivity index (χ1v) is 10.9. The lowest BCUT2D eigenvalue weighted by atomic mass is 10.1. The SMILES string of the molecule is CCC(C)OCCOc1ccnc(-n2c(SC)nc3cc(C)c(C)cc32)c1C. The van der Waals surface area contributed by atoms with E-state index in [0.717, 1.165) is 39.7 Å². The first kappa shape index (κ1) is 20.7. The fourth-order valence-corrected chi connectivity index (χ4v) is 3.62. The predicted octanol–water partition coefficient (Wildman–Crippen LogP) is 5.26. The maximum atomic E-state index is 5.99. The predicted molar refractivity (Wildman–Crippen MR) is 116 cm³/mol. The molecule has 1 aromatic carbocycles. The maximum absolute atomic E-state index is 5.99. The molecule has 0 amide bonds. The highest BCUT2D eigenvalue weighted by atomic mass is 32.2. The third-order valence-corrected chi connectivity index (χ3v) is 5.72. The van der Waals surface area contributed by atoms with E-state index in [9.17, 15) is 0 Å². The monoisotopic (exact) mass is 399 g/mol. The minimum atomic E-state index is 0.255. The van der Waals surface area contributed by atoms with Gasteiger partial charge in [-0.05, 0) is 69.7 Å². The summed E-state index contributed by atoms with van der Waals surface area (Å²) in [5.74, 6) is 1.69. The molecule has 0 fully saturated rings. The second-order valence-corrected chi connectivity index (χ2v) is 7.83. The number of imidazole rings is 1. The number of hydrogen-bond acceptors (Lipinski definition) is 5. The molecule has 0 aliphatic rings. The number of fused-ring (bicyclic) bond motifs is 1. The van der Waals surface area contributed by atoms with Crippen molar-refractivity contribution in [3.05, 3.63) is 41.1 Å². The smallest absolute Gasteiger partial charge is 0.174 e. The first-order valence-electron chi connectivity index (χ1n) is 9.70. The van der Waals surface area contributed by atoms with Gasteiger partial charge in [-0.1, -0.05) is 18.7 Å². The second kappa shape index (κ2) is 8.97. The highest BCUT2D eigenvalue weighted by molar-refractivity contribution is 7.98. The van der Waals surface area contributed by atoms with Gasteiger partial charge in [-0.15, -0.1) is 0 Å². The molecule has 5 nitrogen and oxygen atoms in total. The summed E-state index contributed by atoms with van der Waals surface area (Å²) < 4.78 is 13.8. The van der Waals surface area contributed by atoms with Crippen LogP contribution in [0.25, 0.3) is 16.9 Å². The van der Waals surface area contributed by atoms with Gasteiger partial charge < -0.3 is 9.47 Å². The number of aromatic nitrogens is 3. The molecule has 0 radical (unpaired) electrons. The molecule has 0 saturated heterocycles. The van der Waals surface area contributed by atoms with Crippen molar-refractivity contribution in [3.8, 4) is 11.6 Å². The molecule has 1 atom stereocenters. The van der Waals surface area contributed by atoms with Crippen molar-refractivity contribution in [2.75, 3.05) is 19.5 Å². The number of thioether (sulfide) groups is 1. The molecule has 2 heterocycles. The lowest BCUT2D eigenvalue weighted by Gasteiger charge is -2.15. The number of rotatable bonds is 8. The number of ether oxygens (including phenoxy) is 2. The molecule has 28 heavy (non-hydrogen) atoms. The molecule has 3 aromatic rings. The van der Waals surface area contributed by atoms with Crippen LogP contribution in [0.1, 0.15) is 37.0 Å². The van der Waals surface area contributed by atoms with Crippen molar-refractivity contribution < 1.29 is 9.47 Å². The Morgan fingerprint density at radius 3 is 2.61 bits per heavy atom. The van der Waals surface area contributed by atoms with Gasteiger partial charge in [-0.2, -0.15) is 0 Å². The summed E-state index contributed by atoms with van der Waals surface area (Å²) >= 11 is 1.62. The average molecular weight is 400 g/mol. The summed E-state index contributed by atoms with van der Waals surface area (Å²) in [6.45, 7) is 11.6. The number of benzene rings is 1. The minimum absolute atomic E-state index is 0.255. The Hall–Kier alpha value is -2.05. The van der Waals surface area contributed by atoms with Gasteiger partial charge >= 0.3 is 0 Å². The molecule has 0 bridgehead atoms. The molecule has 1 unspecified atom stereocenters. The van der Waals surface area contributed by atoms with Crippen LogP contribution < -0.4 is 4.74 Å². The lowest BCUT2D eigenvalue weighted by molar-refractivity contribution is 0.0425.